The number of aromatic amines is 1. The number of carbonyl (C=O) groups excluding carboxylic acids is 1. The lowest BCUT2D eigenvalue weighted by atomic mass is 10.1. The van der Waals surface area contributed by atoms with Crippen LogP contribution in [0.1, 0.15) is 18.4 Å². The van der Waals surface area contributed by atoms with Gasteiger partial charge in [-0.25, -0.2) is 0 Å². The van der Waals surface area contributed by atoms with Crippen molar-refractivity contribution in [2.75, 3.05) is 28.6 Å². The van der Waals surface area contributed by atoms with Crippen LogP contribution in [-0.4, -0.2) is 34.2 Å². The Hall–Kier alpha value is -3.87. The number of rotatable bonds is 6. The number of anilines is 4. The number of aromatic nitrogens is 3. The van der Waals surface area contributed by atoms with Crippen LogP contribution < -0.4 is 15.5 Å². The van der Waals surface area contributed by atoms with Gasteiger partial charge in [0.1, 0.15) is 0 Å². The molecule has 156 valence electrons. The molecule has 1 aliphatic heterocycles. The maximum absolute atomic E-state index is 12.5. The van der Waals surface area contributed by atoms with Gasteiger partial charge in [-0.2, -0.15) is 5.10 Å². The second-order valence-electron chi connectivity index (χ2n) is 7.78. The first-order chi connectivity index (χ1) is 15.2. The number of nitrogens with zero attached hydrogens (tertiary/aromatic N) is 3. The van der Waals surface area contributed by atoms with Crippen molar-refractivity contribution in [2.45, 2.75) is 19.3 Å². The summed E-state index contributed by atoms with van der Waals surface area (Å²) >= 11 is 0. The molecule has 3 N–H and O–H groups in total. The van der Waals surface area contributed by atoms with Gasteiger partial charge in [0.2, 0.25) is 5.91 Å². The van der Waals surface area contributed by atoms with Crippen molar-refractivity contribution in [3.05, 3.63) is 72.6 Å². The Balaban J connectivity index is 1.21. The van der Waals surface area contributed by atoms with E-state index in [9.17, 15) is 4.79 Å². The molecule has 3 heterocycles. The minimum Gasteiger partial charge on any atom is -0.370 e. The number of carbonyl (C=O) groups is 1. The van der Waals surface area contributed by atoms with E-state index in [2.05, 4.69) is 30.7 Å². The monoisotopic (exact) mass is 412 g/mol. The number of fused-ring (bicyclic) bond motifs is 1. The van der Waals surface area contributed by atoms with Crippen molar-refractivity contribution in [1.82, 2.24) is 15.2 Å². The quantitative estimate of drug-likeness (QED) is 0.435. The number of benzene rings is 2. The molecule has 7 nitrogen and oxygen atoms in total. The normalized spacial score (nSPS) is 13.5. The number of nitrogens with one attached hydrogen (secondary N) is 3. The van der Waals surface area contributed by atoms with Gasteiger partial charge >= 0.3 is 0 Å². The van der Waals surface area contributed by atoms with Crippen LogP contribution in [0.25, 0.3) is 10.9 Å². The molecule has 2 aromatic heterocycles. The minimum absolute atomic E-state index is 0.0466. The Bertz CT molecular complexity index is 1190. The predicted octanol–water partition coefficient (Wildman–Crippen LogP) is 4.48. The summed E-state index contributed by atoms with van der Waals surface area (Å²) < 4.78 is 0. The largest absolute Gasteiger partial charge is 0.370 e. The highest BCUT2D eigenvalue weighted by Crippen LogP contribution is 2.24. The van der Waals surface area contributed by atoms with Gasteiger partial charge in [-0.3, -0.25) is 4.79 Å². The van der Waals surface area contributed by atoms with Crippen LogP contribution >= 0.6 is 0 Å². The first-order valence-corrected chi connectivity index (χ1v) is 10.5. The van der Waals surface area contributed by atoms with Gasteiger partial charge in [-0.05, 0) is 48.7 Å². The molecule has 1 fully saturated rings. The van der Waals surface area contributed by atoms with E-state index < -0.39 is 0 Å². The molecule has 4 aromatic rings. The van der Waals surface area contributed by atoms with Crippen LogP contribution in [0.2, 0.25) is 0 Å². The van der Waals surface area contributed by atoms with Crippen LogP contribution in [0, 0.1) is 0 Å². The Morgan fingerprint density at radius 2 is 1.81 bits per heavy atom. The highest BCUT2D eigenvalue weighted by atomic mass is 16.1. The van der Waals surface area contributed by atoms with Crippen molar-refractivity contribution in [3.63, 3.8) is 0 Å². The second-order valence-corrected chi connectivity index (χ2v) is 7.78. The van der Waals surface area contributed by atoms with Crippen LogP contribution in [-0.2, 0) is 11.2 Å². The zero-order valence-electron chi connectivity index (χ0n) is 17.1. The molecule has 0 radical (unpaired) electrons. The smallest absolute Gasteiger partial charge is 0.228 e. The molecule has 31 heavy (non-hydrogen) atoms. The van der Waals surface area contributed by atoms with E-state index >= 15 is 0 Å². The maximum Gasteiger partial charge on any atom is 0.228 e. The van der Waals surface area contributed by atoms with Crippen molar-refractivity contribution in [2.24, 2.45) is 0 Å². The van der Waals surface area contributed by atoms with Gasteiger partial charge in [0.05, 0.1) is 18.3 Å². The minimum atomic E-state index is -0.0466. The fourth-order valence-corrected chi connectivity index (χ4v) is 4.01. The van der Waals surface area contributed by atoms with E-state index in [-0.39, 0.29) is 5.91 Å². The zero-order valence-corrected chi connectivity index (χ0v) is 17.1. The van der Waals surface area contributed by atoms with Crippen LogP contribution in [0.5, 0.6) is 0 Å². The molecule has 1 saturated heterocycles. The fourth-order valence-electron chi connectivity index (χ4n) is 4.01. The molecule has 1 amide bonds. The number of amides is 1. The van der Waals surface area contributed by atoms with Gasteiger partial charge in [0.15, 0.2) is 5.82 Å². The summed E-state index contributed by atoms with van der Waals surface area (Å²) in [6.07, 6.45) is 6.47. The van der Waals surface area contributed by atoms with E-state index in [1.165, 1.54) is 12.8 Å². The van der Waals surface area contributed by atoms with Crippen LogP contribution in [0.15, 0.2) is 67.0 Å². The third-order valence-corrected chi connectivity index (χ3v) is 5.58. The highest BCUT2D eigenvalue weighted by Gasteiger charge is 2.13. The summed E-state index contributed by atoms with van der Waals surface area (Å²) in [5.74, 6) is 0.662. The summed E-state index contributed by atoms with van der Waals surface area (Å²) in [5, 5.41) is 15.6. The standard InChI is InChI=1S/C24H24N6O/c31-24(13-17-15-25-22-6-2-1-5-21(17)22)28-19-9-7-18(8-10-19)27-23-14-20(16-26-29-23)30-11-3-4-12-30/h1-2,5-10,14-16,25H,3-4,11-13H2,(H,27,29)(H,28,31). The fraction of sp³-hybridized carbons (Fsp3) is 0.208. The van der Waals surface area contributed by atoms with Crippen molar-refractivity contribution in [1.29, 1.82) is 0 Å². The first kappa shape index (κ1) is 19.1. The third kappa shape index (κ3) is 4.35. The molecular weight excluding hydrogens is 388 g/mol. The summed E-state index contributed by atoms with van der Waals surface area (Å²) in [6.45, 7) is 2.14. The van der Waals surface area contributed by atoms with E-state index in [0.29, 0.717) is 12.2 Å². The molecule has 1 aliphatic rings. The van der Waals surface area contributed by atoms with E-state index in [4.69, 9.17) is 0 Å². The van der Waals surface area contributed by atoms with E-state index in [1.807, 2.05) is 67.0 Å². The average molecular weight is 412 g/mol. The summed E-state index contributed by atoms with van der Waals surface area (Å²) in [7, 11) is 0. The van der Waals surface area contributed by atoms with Gasteiger partial charge in [0.25, 0.3) is 0 Å². The topological polar surface area (TPSA) is 85.9 Å². The van der Waals surface area contributed by atoms with Gasteiger partial charge in [0, 0.05) is 47.6 Å². The molecule has 0 saturated carbocycles. The molecule has 0 aliphatic carbocycles. The summed E-state index contributed by atoms with van der Waals surface area (Å²) in [6, 6.07) is 17.6. The van der Waals surface area contributed by atoms with E-state index in [0.717, 1.165) is 46.6 Å². The summed E-state index contributed by atoms with van der Waals surface area (Å²) in [4.78, 5) is 18.0. The molecule has 2 aromatic carbocycles. The molecule has 0 atom stereocenters. The Morgan fingerprint density at radius 3 is 2.65 bits per heavy atom. The number of para-hydroxylation sites is 1. The predicted molar refractivity (Wildman–Crippen MR) is 124 cm³/mol. The lowest BCUT2D eigenvalue weighted by Crippen LogP contribution is -2.18. The van der Waals surface area contributed by atoms with Crippen molar-refractivity contribution in [3.8, 4) is 0 Å². The number of hydrogen-bond acceptors (Lipinski definition) is 5. The Morgan fingerprint density at radius 1 is 1.03 bits per heavy atom. The SMILES string of the molecule is O=C(Cc1c[nH]c2ccccc12)Nc1ccc(Nc2cc(N3CCCC3)cnn2)cc1. The highest BCUT2D eigenvalue weighted by molar-refractivity contribution is 5.95. The lowest BCUT2D eigenvalue weighted by Gasteiger charge is -2.17. The molecule has 7 heteroatoms. The molecule has 5 rings (SSSR count). The molecular formula is C24H24N6O. The molecule has 0 bridgehead atoms. The Labute approximate surface area is 180 Å². The van der Waals surface area contributed by atoms with Gasteiger partial charge < -0.3 is 20.5 Å². The van der Waals surface area contributed by atoms with Gasteiger partial charge in [-0.15, -0.1) is 5.10 Å². The van der Waals surface area contributed by atoms with Crippen molar-refractivity contribution >= 4 is 39.7 Å². The van der Waals surface area contributed by atoms with Crippen molar-refractivity contribution < 1.29 is 4.79 Å². The first-order valence-electron chi connectivity index (χ1n) is 10.5. The van der Waals surface area contributed by atoms with Crippen LogP contribution in [0.4, 0.5) is 22.9 Å². The Kier molecular flexibility index (Phi) is 5.22. The van der Waals surface area contributed by atoms with Crippen LogP contribution in [0.3, 0.4) is 0 Å². The number of H-pyrrole nitrogens is 1. The van der Waals surface area contributed by atoms with Gasteiger partial charge in [-0.1, -0.05) is 18.2 Å². The third-order valence-electron chi connectivity index (χ3n) is 5.58. The zero-order chi connectivity index (χ0) is 21.0. The molecule has 0 spiro atoms. The molecule has 0 unspecified atom stereocenters. The second kappa shape index (κ2) is 8.47. The maximum atomic E-state index is 12.5. The van der Waals surface area contributed by atoms with E-state index in [1.54, 1.807) is 0 Å². The average Bonchev–Trinajstić information content (AvgIpc) is 3.46. The number of hydrogen-bond donors (Lipinski definition) is 3. The summed E-state index contributed by atoms with van der Waals surface area (Å²) in [5.41, 5.74) is 4.77. The lowest BCUT2D eigenvalue weighted by molar-refractivity contribution is -0.115.